The molecular weight excluding hydrogens is 184 g/mol. The van der Waals surface area contributed by atoms with Crippen molar-refractivity contribution >= 4 is 0 Å². The highest BCUT2D eigenvalue weighted by Gasteiger charge is 2.16. The van der Waals surface area contributed by atoms with Gasteiger partial charge in [0.2, 0.25) is 0 Å². The van der Waals surface area contributed by atoms with E-state index in [4.69, 9.17) is 5.26 Å². The van der Waals surface area contributed by atoms with Crippen molar-refractivity contribution in [3.05, 3.63) is 35.4 Å². The van der Waals surface area contributed by atoms with E-state index in [1.54, 1.807) is 0 Å². The summed E-state index contributed by atoms with van der Waals surface area (Å²) in [5, 5.41) is 8.78. The highest BCUT2D eigenvalue weighted by Crippen LogP contribution is 2.18. The summed E-state index contributed by atoms with van der Waals surface area (Å²) < 4.78 is 0. The molecule has 2 nitrogen and oxygen atoms in total. The molecule has 0 radical (unpaired) electrons. The van der Waals surface area contributed by atoms with Gasteiger partial charge in [-0.05, 0) is 24.5 Å². The average molecular weight is 200 g/mol. The predicted molar refractivity (Wildman–Crippen MR) is 60.2 cm³/mol. The fourth-order valence-corrected chi connectivity index (χ4v) is 2.14. The smallest absolute Gasteiger partial charge is 0.0666 e. The first kappa shape index (κ1) is 10.2. The van der Waals surface area contributed by atoms with Gasteiger partial charge in [-0.1, -0.05) is 24.3 Å². The molecule has 0 saturated heterocycles. The fourth-order valence-electron chi connectivity index (χ4n) is 2.14. The number of hydrogen-bond donors (Lipinski definition) is 0. The maximum absolute atomic E-state index is 8.78. The molecule has 0 N–H and O–H groups in total. The van der Waals surface area contributed by atoms with Gasteiger partial charge in [0, 0.05) is 19.6 Å². The van der Waals surface area contributed by atoms with E-state index in [9.17, 15) is 0 Å². The normalized spacial score (nSPS) is 17.9. The third-order valence-corrected chi connectivity index (χ3v) is 2.96. The minimum atomic E-state index is 0.135. The van der Waals surface area contributed by atoms with Crippen LogP contribution in [0.25, 0.3) is 0 Å². The largest absolute Gasteiger partial charge is 0.297 e. The predicted octanol–water partition coefficient (Wildman–Crippen LogP) is 2.20. The second-order valence-corrected chi connectivity index (χ2v) is 4.28. The van der Waals surface area contributed by atoms with Gasteiger partial charge in [0.25, 0.3) is 0 Å². The van der Waals surface area contributed by atoms with E-state index in [2.05, 4.69) is 35.2 Å². The molecule has 15 heavy (non-hydrogen) atoms. The van der Waals surface area contributed by atoms with Crippen LogP contribution in [0.4, 0.5) is 0 Å². The average Bonchev–Trinajstić information content (AvgIpc) is 2.29. The van der Waals surface area contributed by atoms with Crippen LogP contribution in [0, 0.1) is 17.2 Å². The molecule has 0 aliphatic carbocycles. The zero-order chi connectivity index (χ0) is 10.7. The lowest BCUT2D eigenvalue weighted by atomic mass is 9.99. The van der Waals surface area contributed by atoms with E-state index < -0.39 is 0 Å². The van der Waals surface area contributed by atoms with Gasteiger partial charge in [-0.2, -0.15) is 5.26 Å². The van der Waals surface area contributed by atoms with Crippen LogP contribution in [0.2, 0.25) is 0 Å². The number of rotatable bonds is 2. The molecule has 0 amide bonds. The molecule has 0 bridgehead atoms. The summed E-state index contributed by atoms with van der Waals surface area (Å²) in [6, 6.07) is 10.9. The van der Waals surface area contributed by atoms with Crippen molar-refractivity contribution < 1.29 is 0 Å². The summed E-state index contributed by atoms with van der Waals surface area (Å²) in [4.78, 5) is 2.37. The van der Waals surface area contributed by atoms with Crippen molar-refractivity contribution in [1.82, 2.24) is 4.90 Å². The highest BCUT2D eigenvalue weighted by molar-refractivity contribution is 5.29. The molecule has 1 aromatic rings. The summed E-state index contributed by atoms with van der Waals surface area (Å²) >= 11 is 0. The molecule has 2 heteroatoms. The molecule has 0 unspecified atom stereocenters. The first-order valence-corrected chi connectivity index (χ1v) is 5.48. The molecule has 1 aliphatic rings. The fraction of sp³-hybridized carbons (Fsp3) is 0.462. The van der Waals surface area contributed by atoms with Crippen LogP contribution in [0.15, 0.2) is 24.3 Å². The van der Waals surface area contributed by atoms with E-state index in [1.165, 1.54) is 11.1 Å². The van der Waals surface area contributed by atoms with Gasteiger partial charge in [-0.25, -0.2) is 0 Å². The first-order chi connectivity index (χ1) is 7.29. The molecule has 1 aromatic carbocycles. The number of fused-ring (bicyclic) bond motifs is 1. The quantitative estimate of drug-likeness (QED) is 0.731. The lowest BCUT2D eigenvalue weighted by Gasteiger charge is -2.29. The van der Waals surface area contributed by atoms with E-state index in [1.807, 2.05) is 6.92 Å². The lowest BCUT2D eigenvalue weighted by Crippen LogP contribution is -2.33. The van der Waals surface area contributed by atoms with Gasteiger partial charge < -0.3 is 0 Å². The Morgan fingerprint density at radius 1 is 1.40 bits per heavy atom. The second kappa shape index (κ2) is 4.46. The van der Waals surface area contributed by atoms with Gasteiger partial charge in [-0.15, -0.1) is 0 Å². The molecule has 0 aromatic heterocycles. The maximum Gasteiger partial charge on any atom is 0.0666 e. The molecule has 1 aliphatic heterocycles. The molecule has 0 saturated carbocycles. The van der Waals surface area contributed by atoms with Crippen LogP contribution < -0.4 is 0 Å². The number of nitriles is 1. The van der Waals surface area contributed by atoms with Gasteiger partial charge in [0.05, 0.1) is 12.0 Å². The van der Waals surface area contributed by atoms with Gasteiger partial charge in [0.15, 0.2) is 0 Å². The SMILES string of the molecule is C[C@@H](C#N)CN1CCc2ccccc2C1. The van der Waals surface area contributed by atoms with E-state index in [-0.39, 0.29) is 5.92 Å². The highest BCUT2D eigenvalue weighted by atomic mass is 15.1. The summed E-state index contributed by atoms with van der Waals surface area (Å²) in [6.07, 6.45) is 1.12. The van der Waals surface area contributed by atoms with Crippen LogP contribution in [-0.4, -0.2) is 18.0 Å². The van der Waals surface area contributed by atoms with Crippen molar-refractivity contribution in [3.8, 4) is 6.07 Å². The minimum Gasteiger partial charge on any atom is -0.297 e. The Bertz CT molecular complexity index is 378. The number of hydrogen-bond acceptors (Lipinski definition) is 2. The Labute approximate surface area is 91.1 Å². The van der Waals surface area contributed by atoms with E-state index in [0.29, 0.717) is 0 Å². The molecule has 1 heterocycles. The Morgan fingerprint density at radius 2 is 2.13 bits per heavy atom. The summed E-state index contributed by atoms with van der Waals surface area (Å²) in [5.74, 6) is 0.135. The van der Waals surface area contributed by atoms with Crippen LogP contribution in [0.5, 0.6) is 0 Å². The third-order valence-electron chi connectivity index (χ3n) is 2.96. The molecular formula is C13H16N2. The first-order valence-electron chi connectivity index (χ1n) is 5.48. The molecule has 1 atom stereocenters. The maximum atomic E-state index is 8.78. The van der Waals surface area contributed by atoms with Gasteiger partial charge in [-0.3, -0.25) is 4.90 Å². The molecule has 0 fully saturated rings. The third kappa shape index (κ3) is 2.37. The number of benzene rings is 1. The Morgan fingerprint density at radius 3 is 2.87 bits per heavy atom. The van der Waals surface area contributed by atoms with Crippen LogP contribution in [-0.2, 0) is 13.0 Å². The summed E-state index contributed by atoms with van der Waals surface area (Å²) in [7, 11) is 0. The topological polar surface area (TPSA) is 27.0 Å². The Kier molecular flexibility index (Phi) is 3.03. The summed E-state index contributed by atoms with van der Waals surface area (Å²) in [5.41, 5.74) is 2.90. The minimum absolute atomic E-state index is 0.135. The van der Waals surface area contributed by atoms with Crippen molar-refractivity contribution in [2.24, 2.45) is 5.92 Å². The van der Waals surface area contributed by atoms with Gasteiger partial charge in [0.1, 0.15) is 0 Å². The van der Waals surface area contributed by atoms with Crippen molar-refractivity contribution in [3.63, 3.8) is 0 Å². The molecule has 78 valence electrons. The van der Waals surface area contributed by atoms with E-state index in [0.717, 1.165) is 26.1 Å². The monoisotopic (exact) mass is 200 g/mol. The standard InChI is InChI=1S/C13H16N2/c1-11(8-14)9-15-7-6-12-4-2-3-5-13(12)10-15/h2-5,11H,6-7,9-10H2,1H3/t11-/m0/s1. The zero-order valence-electron chi connectivity index (χ0n) is 9.11. The van der Waals surface area contributed by atoms with E-state index >= 15 is 0 Å². The van der Waals surface area contributed by atoms with Gasteiger partial charge >= 0.3 is 0 Å². The Hall–Kier alpha value is -1.33. The van der Waals surface area contributed by atoms with Crippen molar-refractivity contribution in [2.75, 3.05) is 13.1 Å². The van der Waals surface area contributed by atoms with Crippen LogP contribution >= 0.6 is 0 Å². The number of nitrogens with zero attached hydrogens (tertiary/aromatic N) is 2. The van der Waals surface area contributed by atoms with Crippen LogP contribution in [0.3, 0.4) is 0 Å². The lowest BCUT2D eigenvalue weighted by molar-refractivity contribution is 0.237. The summed E-state index contributed by atoms with van der Waals surface area (Å²) in [6.45, 7) is 4.97. The molecule has 0 spiro atoms. The Balaban J connectivity index is 2.03. The second-order valence-electron chi connectivity index (χ2n) is 4.28. The zero-order valence-corrected chi connectivity index (χ0v) is 9.11. The van der Waals surface area contributed by atoms with Crippen LogP contribution in [0.1, 0.15) is 18.1 Å². The van der Waals surface area contributed by atoms with Crippen molar-refractivity contribution in [2.45, 2.75) is 19.9 Å². The van der Waals surface area contributed by atoms with Crippen molar-refractivity contribution in [1.29, 1.82) is 5.26 Å². The molecule has 2 rings (SSSR count).